The van der Waals surface area contributed by atoms with Crippen molar-refractivity contribution in [3.8, 4) is 0 Å². The molecular weight excluding hydrogens is 230 g/mol. The lowest BCUT2D eigenvalue weighted by Gasteiger charge is -2.39. The van der Waals surface area contributed by atoms with Crippen LogP contribution < -0.4 is 4.90 Å². The van der Waals surface area contributed by atoms with Crippen LogP contribution >= 0.6 is 0 Å². The molecule has 98 valence electrons. The molecule has 1 aromatic heterocycles. The first-order valence-corrected chi connectivity index (χ1v) is 6.17. The average Bonchev–Trinajstić information content (AvgIpc) is 2.28. The van der Waals surface area contributed by atoms with Gasteiger partial charge in [0.2, 0.25) is 0 Å². The van der Waals surface area contributed by atoms with Gasteiger partial charge >= 0.3 is 6.09 Å². The van der Waals surface area contributed by atoms with Crippen molar-refractivity contribution in [1.82, 2.24) is 9.88 Å². The molecule has 0 spiro atoms. The number of pyridine rings is 1. The Balaban J connectivity index is 2.15. The predicted molar refractivity (Wildman–Crippen MR) is 70.1 cm³/mol. The van der Waals surface area contributed by atoms with E-state index in [9.17, 15) is 4.79 Å². The van der Waals surface area contributed by atoms with Crippen molar-refractivity contribution in [2.24, 2.45) is 0 Å². The molecule has 1 aliphatic heterocycles. The first-order chi connectivity index (χ1) is 8.49. The quantitative estimate of drug-likeness (QED) is 0.825. The molecule has 0 saturated carbocycles. The molecule has 18 heavy (non-hydrogen) atoms. The fourth-order valence-electron chi connectivity index (χ4n) is 2.47. The highest BCUT2D eigenvalue weighted by Gasteiger charge is 2.28. The Labute approximate surface area is 107 Å². The van der Waals surface area contributed by atoms with Gasteiger partial charge in [-0.1, -0.05) is 6.07 Å². The first kappa shape index (κ1) is 12.7. The van der Waals surface area contributed by atoms with E-state index in [1.54, 1.807) is 0 Å². The maximum absolute atomic E-state index is 11.0. The molecule has 2 heterocycles. The van der Waals surface area contributed by atoms with Gasteiger partial charge in [0, 0.05) is 31.9 Å². The predicted octanol–water partition coefficient (Wildman–Crippen LogP) is 1.89. The summed E-state index contributed by atoms with van der Waals surface area (Å²) in [5.41, 5.74) is 2.29. The SMILES string of the molecule is Cc1cnc(N2CCN(C(=O)O)[C@H](C)C2)c(C)c1. The van der Waals surface area contributed by atoms with Gasteiger partial charge in [-0.05, 0) is 31.9 Å². The molecule has 5 nitrogen and oxygen atoms in total. The maximum atomic E-state index is 11.0. The number of hydrogen-bond donors (Lipinski definition) is 1. The molecule has 1 aromatic rings. The molecule has 1 saturated heterocycles. The Bertz CT molecular complexity index is 462. The van der Waals surface area contributed by atoms with E-state index in [1.165, 1.54) is 4.90 Å². The molecule has 0 aromatic carbocycles. The number of aromatic nitrogens is 1. The standard InChI is InChI=1S/C13H19N3O2/c1-9-6-10(2)12(14-7-9)15-4-5-16(13(17)18)11(3)8-15/h6-7,11H,4-5,8H2,1-3H3,(H,17,18)/t11-/m1/s1. The minimum Gasteiger partial charge on any atom is -0.465 e. The van der Waals surface area contributed by atoms with Gasteiger partial charge in [0.15, 0.2) is 0 Å². The minimum absolute atomic E-state index is 0.00115. The molecule has 2 rings (SSSR count). The first-order valence-electron chi connectivity index (χ1n) is 6.17. The Kier molecular flexibility index (Phi) is 3.41. The third kappa shape index (κ3) is 2.39. The van der Waals surface area contributed by atoms with Crippen LogP contribution in [-0.2, 0) is 0 Å². The van der Waals surface area contributed by atoms with Crippen molar-refractivity contribution in [2.75, 3.05) is 24.5 Å². The fraction of sp³-hybridized carbons (Fsp3) is 0.538. The Morgan fingerprint density at radius 3 is 2.72 bits per heavy atom. The van der Waals surface area contributed by atoms with Crippen molar-refractivity contribution >= 4 is 11.9 Å². The van der Waals surface area contributed by atoms with Crippen LogP contribution in [0.1, 0.15) is 18.1 Å². The van der Waals surface area contributed by atoms with E-state index in [0.717, 1.165) is 16.9 Å². The van der Waals surface area contributed by atoms with Gasteiger partial charge in [-0.3, -0.25) is 0 Å². The van der Waals surface area contributed by atoms with Gasteiger partial charge in [-0.2, -0.15) is 0 Å². The number of nitrogens with zero attached hydrogens (tertiary/aromatic N) is 3. The zero-order chi connectivity index (χ0) is 13.3. The lowest BCUT2D eigenvalue weighted by molar-refractivity contribution is 0.122. The zero-order valence-corrected chi connectivity index (χ0v) is 11.1. The van der Waals surface area contributed by atoms with Crippen molar-refractivity contribution in [2.45, 2.75) is 26.8 Å². The molecule has 1 atom stereocenters. The van der Waals surface area contributed by atoms with E-state index < -0.39 is 6.09 Å². The van der Waals surface area contributed by atoms with E-state index in [1.807, 2.05) is 27.0 Å². The smallest absolute Gasteiger partial charge is 0.407 e. The molecule has 0 aliphatic carbocycles. The summed E-state index contributed by atoms with van der Waals surface area (Å²) in [6, 6.07) is 2.11. The van der Waals surface area contributed by atoms with E-state index in [-0.39, 0.29) is 6.04 Å². The van der Waals surface area contributed by atoms with E-state index >= 15 is 0 Å². The number of aryl methyl sites for hydroxylation is 2. The summed E-state index contributed by atoms with van der Waals surface area (Å²) in [4.78, 5) is 19.1. The number of carboxylic acid groups (broad SMARTS) is 1. The number of anilines is 1. The number of piperazine rings is 1. The summed E-state index contributed by atoms with van der Waals surface area (Å²) in [6.07, 6.45) is 1.02. The second-order valence-electron chi connectivity index (χ2n) is 4.92. The maximum Gasteiger partial charge on any atom is 0.407 e. The van der Waals surface area contributed by atoms with Crippen molar-refractivity contribution in [1.29, 1.82) is 0 Å². The summed E-state index contributed by atoms with van der Waals surface area (Å²) in [7, 11) is 0. The monoisotopic (exact) mass is 249 g/mol. The van der Waals surface area contributed by atoms with Gasteiger partial charge in [-0.15, -0.1) is 0 Å². The summed E-state index contributed by atoms with van der Waals surface area (Å²) in [6.45, 7) is 7.93. The number of carbonyl (C=O) groups is 1. The van der Waals surface area contributed by atoms with Crippen LogP contribution in [0.25, 0.3) is 0 Å². The summed E-state index contributed by atoms with van der Waals surface area (Å²) >= 11 is 0. The molecule has 0 radical (unpaired) electrons. The van der Waals surface area contributed by atoms with Crippen LogP contribution in [0.15, 0.2) is 12.3 Å². The van der Waals surface area contributed by atoms with Crippen molar-refractivity contribution < 1.29 is 9.90 Å². The zero-order valence-electron chi connectivity index (χ0n) is 11.1. The number of hydrogen-bond acceptors (Lipinski definition) is 3. The Morgan fingerprint density at radius 2 is 2.17 bits per heavy atom. The number of amides is 1. The summed E-state index contributed by atoms with van der Waals surface area (Å²) < 4.78 is 0. The van der Waals surface area contributed by atoms with Gasteiger partial charge in [0.05, 0.1) is 0 Å². The minimum atomic E-state index is -0.837. The topological polar surface area (TPSA) is 56.7 Å². The highest BCUT2D eigenvalue weighted by Crippen LogP contribution is 2.21. The van der Waals surface area contributed by atoms with Crippen LogP contribution in [0.5, 0.6) is 0 Å². The van der Waals surface area contributed by atoms with E-state index in [0.29, 0.717) is 19.6 Å². The van der Waals surface area contributed by atoms with Crippen LogP contribution in [0.3, 0.4) is 0 Å². The Hall–Kier alpha value is -1.78. The molecule has 1 amide bonds. The third-order valence-electron chi connectivity index (χ3n) is 3.36. The molecule has 1 N–H and O–H groups in total. The normalized spacial score (nSPS) is 20.1. The molecule has 1 aliphatic rings. The highest BCUT2D eigenvalue weighted by atomic mass is 16.4. The van der Waals surface area contributed by atoms with E-state index in [2.05, 4.69) is 16.0 Å². The largest absolute Gasteiger partial charge is 0.465 e. The van der Waals surface area contributed by atoms with Gasteiger partial charge in [0.25, 0.3) is 0 Å². The lowest BCUT2D eigenvalue weighted by Crippen LogP contribution is -2.54. The second kappa shape index (κ2) is 4.84. The summed E-state index contributed by atoms with van der Waals surface area (Å²) in [5, 5.41) is 9.05. The average molecular weight is 249 g/mol. The fourth-order valence-corrected chi connectivity index (χ4v) is 2.47. The molecule has 0 bridgehead atoms. The molecular formula is C13H19N3O2. The van der Waals surface area contributed by atoms with Gasteiger partial charge in [-0.25, -0.2) is 9.78 Å². The van der Waals surface area contributed by atoms with E-state index in [4.69, 9.17) is 5.11 Å². The number of rotatable bonds is 1. The van der Waals surface area contributed by atoms with Crippen molar-refractivity contribution in [3.05, 3.63) is 23.4 Å². The Morgan fingerprint density at radius 1 is 1.44 bits per heavy atom. The van der Waals surface area contributed by atoms with Crippen LogP contribution in [-0.4, -0.2) is 46.8 Å². The lowest BCUT2D eigenvalue weighted by atomic mass is 10.1. The third-order valence-corrected chi connectivity index (χ3v) is 3.36. The van der Waals surface area contributed by atoms with Crippen molar-refractivity contribution in [3.63, 3.8) is 0 Å². The summed E-state index contributed by atoms with van der Waals surface area (Å²) in [5.74, 6) is 0.970. The molecule has 1 fully saturated rings. The second-order valence-corrected chi connectivity index (χ2v) is 4.92. The van der Waals surface area contributed by atoms with Crippen LogP contribution in [0.2, 0.25) is 0 Å². The van der Waals surface area contributed by atoms with Gasteiger partial charge < -0.3 is 14.9 Å². The van der Waals surface area contributed by atoms with Crippen LogP contribution in [0.4, 0.5) is 10.6 Å². The van der Waals surface area contributed by atoms with Crippen LogP contribution in [0, 0.1) is 13.8 Å². The molecule has 0 unspecified atom stereocenters. The van der Waals surface area contributed by atoms with Gasteiger partial charge in [0.1, 0.15) is 5.82 Å². The molecule has 5 heteroatoms. The highest BCUT2D eigenvalue weighted by molar-refractivity contribution is 5.66.